The molecule has 0 radical (unpaired) electrons. The zero-order chi connectivity index (χ0) is 15.7. The number of esters is 1. The fourth-order valence-corrected chi connectivity index (χ4v) is 2.55. The van der Waals surface area contributed by atoms with Crippen LogP contribution in [0.4, 0.5) is 5.69 Å². The summed E-state index contributed by atoms with van der Waals surface area (Å²) in [5, 5.41) is 15.2. The number of benzene rings is 1. The number of fused-ring (bicyclic) bond motifs is 1. The third-order valence-corrected chi connectivity index (χ3v) is 3.71. The summed E-state index contributed by atoms with van der Waals surface area (Å²) in [7, 11) is 1.37. The molecule has 0 fully saturated rings. The van der Waals surface area contributed by atoms with E-state index in [1.807, 2.05) is 0 Å². The summed E-state index contributed by atoms with van der Waals surface area (Å²) in [5.74, 6) is 0.737. The molecule has 114 valence electrons. The van der Waals surface area contributed by atoms with E-state index >= 15 is 0 Å². The molecule has 0 saturated heterocycles. The number of non-ortho nitro benzene ring substituents is 1. The number of methoxy groups -OCH3 is 1. The molecule has 1 unspecified atom stereocenters. The van der Waals surface area contributed by atoms with E-state index in [9.17, 15) is 14.9 Å². The van der Waals surface area contributed by atoms with Gasteiger partial charge in [-0.3, -0.25) is 14.9 Å². The van der Waals surface area contributed by atoms with E-state index in [4.69, 9.17) is 4.74 Å². The Balaban J connectivity index is 1.89. The van der Waals surface area contributed by atoms with Gasteiger partial charge in [-0.05, 0) is 6.42 Å². The average molecular weight is 302 g/mol. The van der Waals surface area contributed by atoms with Crippen molar-refractivity contribution in [2.24, 2.45) is 5.92 Å². The Bertz CT molecular complexity index is 740. The van der Waals surface area contributed by atoms with Crippen LogP contribution in [0.3, 0.4) is 0 Å². The topological polar surface area (TPSA) is 100 Å². The van der Waals surface area contributed by atoms with Gasteiger partial charge in [0.05, 0.1) is 24.5 Å². The van der Waals surface area contributed by atoms with Gasteiger partial charge >= 0.3 is 5.97 Å². The van der Waals surface area contributed by atoms with E-state index in [-0.39, 0.29) is 17.6 Å². The lowest BCUT2D eigenvalue weighted by Crippen LogP contribution is -2.28. The molecule has 1 aliphatic rings. The molecule has 0 N–H and O–H groups in total. The Hall–Kier alpha value is -2.77. The summed E-state index contributed by atoms with van der Waals surface area (Å²) in [4.78, 5) is 26.4. The first-order valence-electron chi connectivity index (χ1n) is 6.85. The van der Waals surface area contributed by atoms with Crippen LogP contribution in [-0.4, -0.2) is 32.8 Å². The van der Waals surface area contributed by atoms with Gasteiger partial charge in [-0.2, -0.15) is 5.10 Å². The minimum atomic E-state index is -0.452. The van der Waals surface area contributed by atoms with Crippen LogP contribution in [0.15, 0.2) is 24.3 Å². The van der Waals surface area contributed by atoms with Gasteiger partial charge in [-0.1, -0.05) is 12.1 Å². The Morgan fingerprint density at radius 3 is 3.05 bits per heavy atom. The van der Waals surface area contributed by atoms with Crippen molar-refractivity contribution in [2.75, 3.05) is 7.11 Å². The fourth-order valence-electron chi connectivity index (χ4n) is 2.55. The number of nitro benzene ring substituents is 1. The van der Waals surface area contributed by atoms with Crippen LogP contribution >= 0.6 is 0 Å². The molecule has 22 heavy (non-hydrogen) atoms. The number of nitrogens with zero attached hydrogens (tertiary/aromatic N) is 4. The lowest BCUT2D eigenvalue weighted by Gasteiger charge is -2.19. The smallest absolute Gasteiger partial charge is 0.310 e. The number of ether oxygens (including phenoxy) is 1. The third-order valence-electron chi connectivity index (χ3n) is 3.71. The van der Waals surface area contributed by atoms with E-state index in [0.29, 0.717) is 30.8 Å². The predicted molar refractivity (Wildman–Crippen MR) is 75.9 cm³/mol. The number of hydrogen-bond acceptors (Lipinski definition) is 6. The summed E-state index contributed by atoms with van der Waals surface area (Å²) in [6.07, 6.45) is 1.29. The van der Waals surface area contributed by atoms with Crippen LogP contribution in [0, 0.1) is 16.0 Å². The van der Waals surface area contributed by atoms with E-state index in [1.54, 1.807) is 16.8 Å². The van der Waals surface area contributed by atoms with Gasteiger partial charge in [0.25, 0.3) is 5.69 Å². The van der Waals surface area contributed by atoms with Crippen molar-refractivity contribution in [1.82, 2.24) is 14.8 Å². The average Bonchev–Trinajstić information content (AvgIpc) is 2.97. The fraction of sp³-hybridized carbons (Fsp3) is 0.357. The molecule has 0 saturated carbocycles. The lowest BCUT2D eigenvalue weighted by atomic mass is 10.0. The van der Waals surface area contributed by atoms with Gasteiger partial charge < -0.3 is 4.74 Å². The molecule has 1 aromatic carbocycles. The molecule has 3 rings (SSSR count). The SMILES string of the molecule is COC(=O)C1CCc2nc(-c3cccc([N+](=O)[O-])c3)nn2C1. The van der Waals surface area contributed by atoms with Gasteiger partial charge in [0.2, 0.25) is 0 Å². The highest BCUT2D eigenvalue weighted by Crippen LogP contribution is 2.25. The van der Waals surface area contributed by atoms with Gasteiger partial charge in [0, 0.05) is 24.1 Å². The Labute approximate surface area is 125 Å². The maximum Gasteiger partial charge on any atom is 0.310 e. The van der Waals surface area contributed by atoms with Crippen LogP contribution in [-0.2, 0) is 22.5 Å². The largest absolute Gasteiger partial charge is 0.469 e. The van der Waals surface area contributed by atoms with Gasteiger partial charge in [-0.25, -0.2) is 9.67 Å². The van der Waals surface area contributed by atoms with Crippen molar-refractivity contribution in [3.05, 3.63) is 40.2 Å². The number of nitro groups is 1. The molecule has 8 heteroatoms. The maximum absolute atomic E-state index is 11.6. The highest BCUT2D eigenvalue weighted by Gasteiger charge is 2.27. The second kappa shape index (κ2) is 5.55. The Morgan fingerprint density at radius 1 is 1.50 bits per heavy atom. The van der Waals surface area contributed by atoms with Crippen molar-refractivity contribution < 1.29 is 14.5 Å². The summed E-state index contributed by atoms with van der Waals surface area (Å²) in [6.45, 7) is 0.421. The van der Waals surface area contributed by atoms with Gasteiger partial charge in [0.15, 0.2) is 5.82 Å². The molecule has 0 bridgehead atoms. The zero-order valence-electron chi connectivity index (χ0n) is 11.9. The number of carbonyl (C=O) groups excluding carboxylic acids is 1. The standard InChI is InChI=1S/C14H14N4O4/c1-22-14(19)10-5-6-12-15-13(16-17(12)8-10)9-3-2-4-11(7-9)18(20)21/h2-4,7,10H,5-6,8H2,1H3. The van der Waals surface area contributed by atoms with Gasteiger partial charge in [0.1, 0.15) is 5.82 Å². The molecular weight excluding hydrogens is 288 g/mol. The number of aromatic nitrogens is 3. The molecule has 2 aromatic rings. The summed E-state index contributed by atoms with van der Waals surface area (Å²) < 4.78 is 6.44. The number of hydrogen-bond donors (Lipinski definition) is 0. The molecule has 2 heterocycles. The van der Waals surface area contributed by atoms with E-state index in [0.717, 1.165) is 5.82 Å². The van der Waals surface area contributed by atoms with Crippen molar-refractivity contribution in [1.29, 1.82) is 0 Å². The van der Waals surface area contributed by atoms with Crippen LogP contribution in [0.25, 0.3) is 11.4 Å². The van der Waals surface area contributed by atoms with Gasteiger partial charge in [-0.15, -0.1) is 0 Å². The maximum atomic E-state index is 11.6. The highest BCUT2D eigenvalue weighted by atomic mass is 16.6. The number of rotatable bonds is 3. The Kier molecular flexibility index (Phi) is 3.58. The lowest BCUT2D eigenvalue weighted by molar-refractivity contribution is -0.384. The first kappa shape index (κ1) is 14.2. The molecule has 8 nitrogen and oxygen atoms in total. The monoisotopic (exact) mass is 302 g/mol. The summed E-state index contributed by atoms with van der Waals surface area (Å²) >= 11 is 0. The Morgan fingerprint density at radius 2 is 2.32 bits per heavy atom. The quantitative estimate of drug-likeness (QED) is 0.485. The van der Waals surface area contributed by atoms with Crippen molar-refractivity contribution in [3.8, 4) is 11.4 Å². The molecular formula is C14H14N4O4. The minimum Gasteiger partial charge on any atom is -0.469 e. The zero-order valence-corrected chi connectivity index (χ0v) is 11.9. The minimum absolute atomic E-state index is 0.00212. The first-order chi connectivity index (χ1) is 10.6. The van der Waals surface area contributed by atoms with Crippen molar-refractivity contribution in [3.63, 3.8) is 0 Å². The third kappa shape index (κ3) is 2.54. The molecule has 1 aliphatic heterocycles. The summed E-state index contributed by atoms with van der Waals surface area (Å²) in [6, 6.07) is 6.20. The van der Waals surface area contributed by atoms with E-state index in [1.165, 1.54) is 19.2 Å². The second-order valence-electron chi connectivity index (χ2n) is 5.10. The number of carbonyl (C=O) groups is 1. The predicted octanol–water partition coefficient (Wildman–Crippen LogP) is 1.59. The van der Waals surface area contributed by atoms with Crippen LogP contribution in [0.1, 0.15) is 12.2 Å². The molecule has 0 amide bonds. The normalized spacial score (nSPS) is 16.9. The van der Waals surface area contributed by atoms with E-state index < -0.39 is 4.92 Å². The van der Waals surface area contributed by atoms with Crippen LogP contribution in [0.2, 0.25) is 0 Å². The second-order valence-corrected chi connectivity index (χ2v) is 5.10. The highest BCUT2D eigenvalue weighted by molar-refractivity contribution is 5.72. The van der Waals surface area contributed by atoms with Crippen molar-refractivity contribution >= 4 is 11.7 Å². The molecule has 0 spiro atoms. The summed E-state index contributed by atoms with van der Waals surface area (Å²) in [5.41, 5.74) is 0.587. The first-order valence-corrected chi connectivity index (χ1v) is 6.85. The molecule has 1 atom stereocenters. The molecule has 0 aliphatic carbocycles. The van der Waals surface area contributed by atoms with Crippen molar-refractivity contribution in [2.45, 2.75) is 19.4 Å². The number of aryl methyl sites for hydroxylation is 1. The van der Waals surface area contributed by atoms with Crippen LogP contribution < -0.4 is 0 Å². The molecule has 1 aromatic heterocycles. The van der Waals surface area contributed by atoms with E-state index in [2.05, 4.69) is 10.1 Å². The van der Waals surface area contributed by atoms with Crippen LogP contribution in [0.5, 0.6) is 0 Å².